The highest BCUT2D eigenvalue weighted by atomic mass is 127. The zero-order valence-electron chi connectivity index (χ0n) is 8.09. The van der Waals surface area contributed by atoms with Gasteiger partial charge in [-0.05, 0) is 13.8 Å². The van der Waals surface area contributed by atoms with Crippen LogP contribution >= 0.6 is 22.9 Å². The van der Waals surface area contributed by atoms with Crippen LogP contribution in [0.2, 0.25) is 0 Å². The van der Waals surface area contributed by atoms with E-state index in [0.717, 1.165) is 6.04 Å². The van der Waals surface area contributed by atoms with Gasteiger partial charge in [0.15, 0.2) is 0 Å². The van der Waals surface area contributed by atoms with Crippen molar-refractivity contribution in [2.45, 2.75) is 19.9 Å². The number of quaternary nitrogens is 2. The summed E-state index contributed by atoms with van der Waals surface area (Å²) in [4.78, 5) is 0. The predicted octanol–water partition coefficient (Wildman–Crippen LogP) is 1.41. The van der Waals surface area contributed by atoms with E-state index in [-0.39, 0.29) is 0 Å². The highest BCUT2D eigenvalue weighted by Crippen LogP contribution is 2.32. The summed E-state index contributed by atoms with van der Waals surface area (Å²) in [6, 6.07) is 0.843. The molecule has 3 aliphatic rings. The number of nitrogens with zero attached hydrogens (tertiary/aromatic N) is 2. The van der Waals surface area contributed by atoms with Gasteiger partial charge in [-0.3, -0.25) is 2.70 Å². The predicted molar refractivity (Wildman–Crippen MR) is 58.9 cm³/mol. The number of halogens is 1. The summed E-state index contributed by atoms with van der Waals surface area (Å²) in [7, 11) is 0. The average Bonchev–Trinajstić information content (AvgIpc) is 2.06. The molecule has 3 heterocycles. The van der Waals surface area contributed by atoms with Crippen LogP contribution in [0, 0.1) is 0 Å². The quantitative estimate of drug-likeness (QED) is 0.387. The van der Waals surface area contributed by atoms with Crippen LogP contribution in [-0.4, -0.2) is 52.5 Å². The molecule has 0 saturated carbocycles. The van der Waals surface area contributed by atoms with Crippen molar-refractivity contribution in [3.63, 3.8) is 0 Å². The maximum Gasteiger partial charge on any atom is 0.249 e. The largest absolute Gasteiger partial charge is 0.308 e. The van der Waals surface area contributed by atoms with Crippen LogP contribution in [0.3, 0.4) is 0 Å². The molecule has 70 valence electrons. The third-order valence-electron chi connectivity index (χ3n) is 3.93. The molecule has 0 aromatic heterocycles. The van der Waals surface area contributed by atoms with E-state index in [0.29, 0.717) is 0 Å². The Morgan fingerprint density at radius 1 is 0.917 bits per heavy atom. The molecule has 0 aromatic rings. The summed E-state index contributed by atoms with van der Waals surface area (Å²) in [6.07, 6.45) is 0. The van der Waals surface area contributed by atoms with Gasteiger partial charge in [-0.25, -0.2) is 0 Å². The molecule has 0 N–H and O–H groups in total. The molecule has 2 nitrogen and oxygen atoms in total. The lowest BCUT2D eigenvalue weighted by Crippen LogP contribution is -2.73. The topological polar surface area (TPSA) is 0 Å². The lowest BCUT2D eigenvalue weighted by atomic mass is 10.1. The standard InChI is InChI=1S/C9H19IN2/c1-9(2)11-3-6-12(10,7-4-11)8-5-11/h9H,3-8H2,1-2H3/q+2. The maximum absolute atomic E-state index is 2.65. The smallest absolute Gasteiger partial charge is 0.249 e. The molecule has 3 heteroatoms. The van der Waals surface area contributed by atoms with E-state index in [9.17, 15) is 0 Å². The van der Waals surface area contributed by atoms with Gasteiger partial charge in [0.05, 0.1) is 6.04 Å². The molecule has 0 aromatic carbocycles. The van der Waals surface area contributed by atoms with E-state index in [1.165, 1.54) is 46.4 Å². The Labute approximate surface area is 89.2 Å². The van der Waals surface area contributed by atoms with Gasteiger partial charge in [-0.15, -0.1) is 0 Å². The molecule has 0 radical (unpaired) electrons. The second-order valence-corrected chi connectivity index (χ2v) is 6.73. The summed E-state index contributed by atoms with van der Waals surface area (Å²) in [5.41, 5.74) is 0. The van der Waals surface area contributed by atoms with Crippen molar-refractivity contribution in [2.24, 2.45) is 0 Å². The van der Waals surface area contributed by atoms with E-state index in [1.807, 2.05) is 0 Å². The lowest BCUT2D eigenvalue weighted by Gasteiger charge is -2.54. The molecular weight excluding hydrogens is 263 g/mol. The fraction of sp³-hybridized carbons (Fsp3) is 1.00. The van der Waals surface area contributed by atoms with E-state index < -0.39 is 0 Å². The number of rotatable bonds is 1. The van der Waals surface area contributed by atoms with E-state index in [2.05, 4.69) is 36.7 Å². The first kappa shape index (κ1) is 9.21. The normalized spacial score (nSPS) is 47.0. The van der Waals surface area contributed by atoms with Crippen LogP contribution in [0.1, 0.15) is 13.8 Å². The summed E-state index contributed by atoms with van der Waals surface area (Å²) in [5, 5.41) is 0. The van der Waals surface area contributed by atoms with Crippen molar-refractivity contribution < 1.29 is 7.18 Å². The van der Waals surface area contributed by atoms with Crippen LogP contribution in [0.4, 0.5) is 0 Å². The second-order valence-electron chi connectivity index (χ2n) is 4.68. The molecule has 3 saturated heterocycles. The lowest BCUT2D eigenvalue weighted by molar-refractivity contribution is -1.03. The average molecular weight is 282 g/mol. The first-order valence-electron chi connectivity index (χ1n) is 4.98. The van der Waals surface area contributed by atoms with Crippen LogP contribution in [-0.2, 0) is 0 Å². The Kier molecular flexibility index (Phi) is 2.16. The maximum atomic E-state index is 2.65. The van der Waals surface area contributed by atoms with Gasteiger partial charge in [0.25, 0.3) is 0 Å². The zero-order valence-corrected chi connectivity index (χ0v) is 10.2. The molecule has 3 aliphatic heterocycles. The van der Waals surface area contributed by atoms with Crippen LogP contribution in [0.5, 0.6) is 0 Å². The van der Waals surface area contributed by atoms with Gasteiger partial charge in [-0.1, -0.05) is 0 Å². The van der Waals surface area contributed by atoms with Crippen molar-refractivity contribution >= 4 is 22.9 Å². The number of hydrogen-bond donors (Lipinski definition) is 0. The summed E-state index contributed by atoms with van der Waals surface area (Å²) >= 11 is 2.65. The Balaban J connectivity index is 2.14. The Bertz CT molecular complexity index is 166. The number of hydrogen-bond acceptors (Lipinski definition) is 0. The fourth-order valence-corrected chi connectivity index (χ4v) is 3.23. The minimum absolute atomic E-state index is 0.843. The van der Waals surface area contributed by atoms with Crippen molar-refractivity contribution in [3.8, 4) is 0 Å². The van der Waals surface area contributed by atoms with Gasteiger partial charge >= 0.3 is 0 Å². The summed E-state index contributed by atoms with van der Waals surface area (Å²) < 4.78 is 2.73. The Morgan fingerprint density at radius 3 is 1.67 bits per heavy atom. The van der Waals surface area contributed by atoms with Crippen molar-refractivity contribution in [3.05, 3.63) is 0 Å². The molecule has 0 amide bonds. The SMILES string of the molecule is CC(C)[N+]12CC[N+](I)(CC1)CC2. The van der Waals surface area contributed by atoms with Gasteiger partial charge < -0.3 is 4.48 Å². The molecule has 0 spiro atoms. The minimum atomic E-state index is 0.843. The van der Waals surface area contributed by atoms with E-state index >= 15 is 0 Å². The molecule has 0 aliphatic carbocycles. The highest BCUT2D eigenvalue weighted by Gasteiger charge is 2.49. The van der Waals surface area contributed by atoms with Gasteiger partial charge in [-0.2, -0.15) is 0 Å². The third-order valence-corrected chi connectivity index (χ3v) is 5.38. The number of piperazine rings is 3. The molecular formula is C9H19IN2+2. The van der Waals surface area contributed by atoms with E-state index in [1.54, 1.807) is 0 Å². The Morgan fingerprint density at radius 2 is 1.33 bits per heavy atom. The van der Waals surface area contributed by atoms with Crippen molar-refractivity contribution in [2.75, 3.05) is 39.3 Å². The van der Waals surface area contributed by atoms with Gasteiger partial charge in [0, 0.05) is 0 Å². The molecule has 0 unspecified atom stereocenters. The first-order valence-corrected chi connectivity index (χ1v) is 5.94. The molecule has 3 rings (SSSR count). The van der Waals surface area contributed by atoms with Crippen molar-refractivity contribution in [1.82, 2.24) is 0 Å². The third kappa shape index (κ3) is 1.30. The summed E-state index contributed by atoms with van der Waals surface area (Å²) in [6.45, 7) is 13.2. The van der Waals surface area contributed by atoms with Crippen LogP contribution in [0.25, 0.3) is 0 Å². The molecule has 3 fully saturated rings. The minimum Gasteiger partial charge on any atom is -0.308 e. The van der Waals surface area contributed by atoms with Gasteiger partial charge in [0.1, 0.15) is 39.3 Å². The van der Waals surface area contributed by atoms with Crippen LogP contribution < -0.4 is 0 Å². The fourth-order valence-electron chi connectivity index (χ4n) is 2.58. The van der Waals surface area contributed by atoms with Crippen molar-refractivity contribution in [1.29, 1.82) is 0 Å². The van der Waals surface area contributed by atoms with E-state index in [4.69, 9.17) is 0 Å². The molecule has 2 bridgehead atoms. The highest BCUT2D eigenvalue weighted by molar-refractivity contribution is 14.1. The molecule has 0 atom stereocenters. The van der Waals surface area contributed by atoms with Crippen LogP contribution in [0.15, 0.2) is 0 Å². The van der Waals surface area contributed by atoms with Gasteiger partial charge in [0.2, 0.25) is 22.9 Å². The second kappa shape index (κ2) is 2.82. The first-order chi connectivity index (χ1) is 5.56. The Hall–Kier alpha value is 0.650. The summed E-state index contributed by atoms with van der Waals surface area (Å²) in [5.74, 6) is 0. The number of fused-ring (bicyclic) bond motifs is 3. The molecule has 12 heavy (non-hydrogen) atoms. The zero-order chi connectivity index (χ0) is 8.82. The monoisotopic (exact) mass is 282 g/mol.